The number of carbonyl (C=O) groups excluding carboxylic acids is 1. The third kappa shape index (κ3) is 5.39. The van der Waals surface area contributed by atoms with E-state index in [1.54, 1.807) is 12.1 Å². The third-order valence-corrected chi connectivity index (χ3v) is 5.64. The third-order valence-electron chi connectivity index (χ3n) is 4.49. The highest BCUT2D eigenvalue weighted by Crippen LogP contribution is 2.24. The normalized spacial score (nSPS) is 14.5. The van der Waals surface area contributed by atoms with Gasteiger partial charge in [0.05, 0.1) is 10.7 Å². The molecule has 2 heterocycles. The van der Waals surface area contributed by atoms with Gasteiger partial charge in [0.15, 0.2) is 0 Å². The molecule has 26 heavy (non-hydrogen) atoms. The number of aromatic nitrogens is 1. The quantitative estimate of drug-likeness (QED) is 0.818. The molecule has 1 saturated heterocycles. The van der Waals surface area contributed by atoms with Gasteiger partial charge in [0.25, 0.3) is 5.91 Å². The number of thiazole rings is 1. The van der Waals surface area contributed by atoms with Crippen LogP contribution in [0.4, 0.5) is 4.39 Å². The second-order valence-electron chi connectivity index (χ2n) is 6.18. The monoisotopic (exact) mass is 419 g/mol. The summed E-state index contributed by atoms with van der Waals surface area (Å²) in [7, 11) is 1.97. The molecule has 1 fully saturated rings. The topological polar surface area (TPSA) is 45.2 Å². The fourth-order valence-corrected chi connectivity index (χ4v) is 4.08. The molecule has 0 aliphatic carbocycles. The van der Waals surface area contributed by atoms with Crippen LogP contribution in [-0.2, 0) is 6.42 Å². The molecule has 1 amide bonds. The zero-order valence-electron chi connectivity index (χ0n) is 14.8. The van der Waals surface area contributed by atoms with Gasteiger partial charge in [0.2, 0.25) is 0 Å². The summed E-state index contributed by atoms with van der Waals surface area (Å²) in [5.74, 6) is -0.153. The Morgan fingerprint density at radius 2 is 1.88 bits per heavy atom. The van der Waals surface area contributed by atoms with Crippen LogP contribution in [0.3, 0.4) is 0 Å². The molecule has 1 aromatic carbocycles. The fraction of sp³-hybridized carbons (Fsp3) is 0.444. The van der Waals surface area contributed by atoms with Gasteiger partial charge in [-0.2, -0.15) is 0 Å². The molecule has 0 atom stereocenters. The van der Waals surface area contributed by atoms with Gasteiger partial charge >= 0.3 is 0 Å². The average Bonchev–Trinajstić information content (AvgIpc) is 2.96. The van der Waals surface area contributed by atoms with Crippen molar-refractivity contribution in [2.45, 2.75) is 32.2 Å². The summed E-state index contributed by atoms with van der Waals surface area (Å²) in [4.78, 5) is 20.0. The second-order valence-corrected chi connectivity index (χ2v) is 7.26. The van der Waals surface area contributed by atoms with Gasteiger partial charge in [0, 0.05) is 25.6 Å². The molecule has 0 unspecified atom stereocenters. The number of halogens is 3. The number of nitrogens with zero attached hydrogens (tertiary/aromatic N) is 2. The number of hydrogen-bond donors (Lipinski definition) is 1. The smallest absolute Gasteiger partial charge is 0.265 e. The Balaban J connectivity index is 0.00000169. The molecule has 1 aliphatic heterocycles. The lowest BCUT2D eigenvalue weighted by Gasteiger charge is -2.31. The van der Waals surface area contributed by atoms with Gasteiger partial charge in [-0.1, -0.05) is 12.1 Å². The van der Waals surface area contributed by atoms with Crippen LogP contribution in [0.25, 0.3) is 0 Å². The van der Waals surface area contributed by atoms with E-state index < -0.39 is 0 Å². The summed E-state index contributed by atoms with van der Waals surface area (Å²) in [5.41, 5.74) is 1.79. The minimum atomic E-state index is -0.241. The minimum absolute atomic E-state index is 0. The number of piperidine rings is 1. The molecule has 1 aromatic heterocycles. The molecule has 0 spiro atoms. The van der Waals surface area contributed by atoms with Crippen LogP contribution in [-0.4, -0.2) is 42.0 Å². The van der Waals surface area contributed by atoms with Gasteiger partial charge in [-0.05, 0) is 44.5 Å². The summed E-state index contributed by atoms with van der Waals surface area (Å²) in [5, 5.41) is 4.17. The van der Waals surface area contributed by atoms with E-state index in [1.807, 2.05) is 18.9 Å². The molecule has 2 aromatic rings. The number of nitrogens with one attached hydrogen (secondary N) is 1. The Morgan fingerprint density at radius 3 is 2.46 bits per heavy atom. The molecule has 0 bridgehead atoms. The Kier molecular flexibility index (Phi) is 8.96. The van der Waals surface area contributed by atoms with Crippen molar-refractivity contribution in [3.63, 3.8) is 0 Å². The van der Waals surface area contributed by atoms with Crippen molar-refractivity contribution >= 4 is 42.1 Å². The van der Waals surface area contributed by atoms with Crippen LogP contribution >= 0.6 is 36.2 Å². The van der Waals surface area contributed by atoms with Crippen molar-refractivity contribution in [1.82, 2.24) is 15.2 Å². The zero-order valence-corrected chi connectivity index (χ0v) is 17.3. The van der Waals surface area contributed by atoms with Crippen molar-refractivity contribution in [1.29, 1.82) is 0 Å². The van der Waals surface area contributed by atoms with E-state index in [1.165, 1.54) is 23.5 Å². The predicted molar refractivity (Wildman–Crippen MR) is 109 cm³/mol. The minimum Gasteiger partial charge on any atom is -0.338 e. The van der Waals surface area contributed by atoms with Crippen molar-refractivity contribution in [2.24, 2.45) is 0 Å². The molecular weight excluding hydrogens is 396 g/mol. The number of hydrogen-bond acceptors (Lipinski definition) is 4. The standard InChI is InChI=1S/C18H22FN3OS.2ClH/c1-12-17(18(23)22-9-7-15(20-2)8-10-22)24-16(21-12)11-13-3-5-14(19)6-4-13;;/h3-6,15,20H,7-11H2,1-2H3;2*1H. The lowest BCUT2D eigenvalue weighted by atomic mass is 10.1. The molecule has 8 heteroatoms. The van der Waals surface area contributed by atoms with Gasteiger partial charge < -0.3 is 10.2 Å². The molecular formula is C18H24Cl2FN3OS. The summed E-state index contributed by atoms with van der Waals surface area (Å²) < 4.78 is 13.0. The highest BCUT2D eigenvalue weighted by molar-refractivity contribution is 7.13. The first-order chi connectivity index (χ1) is 11.6. The predicted octanol–water partition coefficient (Wildman–Crippen LogP) is 3.85. The highest BCUT2D eigenvalue weighted by atomic mass is 35.5. The summed E-state index contributed by atoms with van der Waals surface area (Å²) >= 11 is 1.46. The van der Waals surface area contributed by atoms with Crippen molar-refractivity contribution in [3.05, 3.63) is 51.2 Å². The number of aryl methyl sites for hydroxylation is 1. The van der Waals surface area contributed by atoms with Crippen molar-refractivity contribution < 1.29 is 9.18 Å². The lowest BCUT2D eigenvalue weighted by Crippen LogP contribution is -2.43. The molecule has 1 N–H and O–H groups in total. The van der Waals surface area contributed by atoms with Gasteiger partial charge in [-0.25, -0.2) is 9.37 Å². The molecule has 144 valence electrons. The molecule has 1 aliphatic rings. The molecule has 0 saturated carbocycles. The number of benzene rings is 1. The summed E-state index contributed by atoms with van der Waals surface area (Å²) in [6, 6.07) is 6.93. The number of amides is 1. The van der Waals surface area contributed by atoms with Crippen molar-refractivity contribution in [2.75, 3.05) is 20.1 Å². The van der Waals surface area contributed by atoms with Gasteiger partial charge in [0.1, 0.15) is 10.7 Å². The van der Waals surface area contributed by atoms with E-state index in [0.717, 1.165) is 47.1 Å². The molecule has 4 nitrogen and oxygen atoms in total. The van der Waals surface area contributed by atoms with Crippen molar-refractivity contribution in [3.8, 4) is 0 Å². The first-order valence-corrected chi connectivity index (χ1v) is 9.05. The van der Waals surface area contributed by atoms with Crippen LogP contribution in [0.1, 0.15) is 38.8 Å². The SMILES string of the molecule is CNC1CCN(C(=O)c2sc(Cc3ccc(F)cc3)nc2C)CC1.Cl.Cl. The van der Waals surface area contributed by atoms with E-state index >= 15 is 0 Å². The van der Waals surface area contributed by atoms with E-state index in [4.69, 9.17) is 0 Å². The first kappa shape index (κ1) is 22.8. The average molecular weight is 420 g/mol. The Morgan fingerprint density at radius 1 is 1.27 bits per heavy atom. The van der Waals surface area contributed by atoms with Gasteiger partial charge in [-0.3, -0.25) is 4.79 Å². The van der Waals surface area contributed by atoms with Crippen LogP contribution in [0.2, 0.25) is 0 Å². The van der Waals surface area contributed by atoms with E-state index in [0.29, 0.717) is 12.5 Å². The Bertz CT molecular complexity index is 716. The van der Waals surface area contributed by atoms with Gasteiger partial charge in [-0.15, -0.1) is 36.2 Å². The maximum Gasteiger partial charge on any atom is 0.265 e. The maximum absolute atomic E-state index is 13.0. The van der Waals surface area contributed by atoms with Crippen LogP contribution in [0.15, 0.2) is 24.3 Å². The Hall–Kier alpha value is -1.21. The highest BCUT2D eigenvalue weighted by Gasteiger charge is 2.25. The van der Waals surface area contributed by atoms with Crippen LogP contribution in [0.5, 0.6) is 0 Å². The maximum atomic E-state index is 13.0. The number of likely N-dealkylation sites (tertiary alicyclic amines) is 1. The second kappa shape index (κ2) is 10.2. The fourth-order valence-electron chi connectivity index (χ4n) is 3.02. The lowest BCUT2D eigenvalue weighted by molar-refractivity contribution is 0.0711. The largest absolute Gasteiger partial charge is 0.338 e. The zero-order chi connectivity index (χ0) is 17.1. The summed E-state index contributed by atoms with van der Waals surface area (Å²) in [6.45, 7) is 3.46. The van der Waals surface area contributed by atoms with E-state index in [2.05, 4.69) is 10.3 Å². The summed E-state index contributed by atoms with van der Waals surface area (Å²) in [6.07, 6.45) is 2.60. The number of carbonyl (C=O) groups is 1. The molecule has 3 rings (SSSR count). The molecule has 0 radical (unpaired) electrons. The van der Waals surface area contributed by atoms with Crippen LogP contribution in [0, 0.1) is 12.7 Å². The van der Waals surface area contributed by atoms with E-state index in [9.17, 15) is 9.18 Å². The van der Waals surface area contributed by atoms with E-state index in [-0.39, 0.29) is 36.5 Å². The van der Waals surface area contributed by atoms with Crippen LogP contribution < -0.4 is 5.32 Å². The first-order valence-electron chi connectivity index (χ1n) is 8.24. The number of rotatable bonds is 4. The Labute approximate surface area is 170 Å².